The van der Waals surface area contributed by atoms with E-state index >= 15 is 0 Å². The first-order chi connectivity index (χ1) is 6.25. The molecule has 1 aliphatic heterocycles. The van der Waals surface area contributed by atoms with Crippen molar-refractivity contribution in [1.82, 2.24) is 0 Å². The van der Waals surface area contributed by atoms with Crippen molar-refractivity contribution in [1.29, 1.82) is 0 Å². The van der Waals surface area contributed by atoms with Gasteiger partial charge in [-0.25, -0.2) is 0 Å². The van der Waals surface area contributed by atoms with Crippen molar-refractivity contribution in [2.45, 2.75) is 25.4 Å². The third-order valence-electron chi connectivity index (χ3n) is 2.74. The summed E-state index contributed by atoms with van der Waals surface area (Å²) in [4.78, 5) is 10.7. The molecule has 0 aromatic rings. The van der Waals surface area contributed by atoms with E-state index in [1.165, 1.54) is 0 Å². The van der Waals surface area contributed by atoms with E-state index in [1.54, 1.807) is 0 Å². The summed E-state index contributed by atoms with van der Waals surface area (Å²) in [5.41, 5.74) is 0. The van der Waals surface area contributed by atoms with Crippen LogP contribution in [0, 0.1) is 11.8 Å². The van der Waals surface area contributed by atoms with Gasteiger partial charge in [-0.2, -0.15) is 0 Å². The molecule has 2 rings (SSSR count). The molecule has 1 saturated heterocycles. The van der Waals surface area contributed by atoms with E-state index in [1.807, 2.05) is 12.2 Å². The van der Waals surface area contributed by atoms with Crippen LogP contribution in [0.15, 0.2) is 12.2 Å². The van der Waals surface area contributed by atoms with E-state index in [0.717, 1.165) is 25.9 Å². The number of ether oxygens (including phenoxy) is 1. The molecule has 3 nitrogen and oxygen atoms in total. The van der Waals surface area contributed by atoms with Gasteiger partial charge in [0.2, 0.25) is 0 Å². The first-order valence-electron chi connectivity index (χ1n) is 4.77. The fourth-order valence-corrected chi connectivity index (χ4v) is 1.92. The molecule has 0 spiro atoms. The highest BCUT2D eigenvalue weighted by atomic mass is 16.6. The van der Waals surface area contributed by atoms with Crippen molar-refractivity contribution in [3.63, 3.8) is 0 Å². The fourth-order valence-electron chi connectivity index (χ4n) is 1.92. The number of aliphatic carboxylic acids is 1. The molecule has 1 aliphatic carbocycles. The number of allylic oxidation sites excluding steroid dienone is 1. The second kappa shape index (κ2) is 3.50. The number of hydrogen-bond donors (Lipinski definition) is 1. The molecule has 3 unspecified atom stereocenters. The van der Waals surface area contributed by atoms with Crippen LogP contribution in [0.3, 0.4) is 0 Å². The molecule has 1 heterocycles. The predicted molar refractivity (Wildman–Crippen MR) is 47.3 cm³/mol. The Balaban J connectivity index is 1.86. The third kappa shape index (κ3) is 2.31. The lowest BCUT2D eigenvalue weighted by Crippen LogP contribution is -2.19. The van der Waals surface area contributed by atoms with Crippen LogP contribution in [0.1, 0.15) is 19.3 Å². The normalized spacial score (nSPS) is 37.4. The minimum atomic E-state index is -0.697. The van der Waals surface area contributed by atoms with E-state index < -0.39 is 5.97 Å². The van der Waals surface area contributed by atoms with E-state index in [9.17, 15) is 4.79 Å². The number of epoxide rings is 1. The van der Waals surface area contributed by atoms with Gasteiger partial charge < -0.3 is 9.84 Å². The maximum atomic E-state index is 10.7. The predicted octanol–water partition coefficient (Wildman–Crippen LogP) is 1.44. The summed E-state index contributed by atoms with van der Waals surface area (Å²) in [5.74, 6) is -0.450. The molecule has 0 radical (unpaired) electrons. The Morgan fingerprint density at radius 1 is 1.62 bits per heavy atom. The van der Waals surface area contributed by atoms with E-state index in [0.29, 0.717) is 12.0 Å². The molecule has 72 valence electrons. The van der Waals surface area contributed by atoms with Gasteiger partial charge in [-0.3, -0.25) is 4.79 Å². The van der Waals surface area contributed by atoms with Crippen molar-refractivity contribution < 1.29 is 14.6 Å². The Kier molecular flexibility index (Phi) is 2.36. The van der Waals surface area contributed by atoms with Crippen LogP contribution in [0.4, 0.5) is 0 Å². The van der Waals surface area contributed by atoms with Gasteiger partial charge in [-0.1, -0.05) is 12.2 Å². The maximum absolute atomic E-state index is 10.7. The standard InChI is InChI=1S/C10H14O3/c11-10(12)8-3-1-2-7(4-8)5-9-6-13-9/h1,3,7-9H,2,4-6H2,(H,11,12). The number of hydrogen-bond acceptors (Lipinski definition) is 2. The SMILES string of the molecule is O=C(O)C1C=CCC(CC2CO2)C1. The minimum absolute atomic E-state index is 0.266. The lowest BCUT2D eigenvalue weighted by molar-refractivity contribution is -0.140. The molecule has 13 heavy (non-hydrogen) atoms. The van der Waals surface area contributed by atoms with Crippen LogP contribution < -0.4 is 0 Å². The number of carboxylic acid groups (broad SMARTS) is 1. The summed E-state index contributed by atoms with van der Waals surface area (Å²) < 4.78 is 5.14. The largest absolute Gasteiger partial charge is 0.481 e. The summed E-state index contributed by atoms with van der Waals surface area (Å²) >= 11 is 0. The van der Waals surface area contributed by atoms with Crippen molar-refractivity contribution in [3.05, 3.63) is 12.2 Å². The lowest BCUT2D eigenvalue weighted by atomic mass is 9.84. The van der Waals surface area contributed by atoms with Crippen LogP contribution in [-0.4, -0.2) is 23.8 Å². The molecule has 0 aromatic carbocycles. The number of rotatable bonds is 3. The van der Waals surface area contributed by atoms with Crippen LogP contribution in [0.5, 0.6) is 0 Å². The molecular weight excluding hydrogens is 168 g/mol. The van der Waals surface area contributed by atoms with Gasteiger partial charge in [0, 0.05) is 0 Å². The minimum Gasteiger partial charge on any atom is -0.481 e. The molecule has 2 aliphatic rings. The third-order valence-corrected chi connectivity index (χ3v) is 2.74. The first kappa shape index (κ1) is 8.75. The van der Waals surface area contributed by atoms with Gasteiger partial charge in [0.1, 0.15) is 0 Å². The van der Waals surface area contributed by atoms with Crippen molar-refractivity contribution in [2.24, 2.45) is 11.8 Å². The molecule has 0 amide bonds. The highest BCUT2D eigenvalue weighted by Gasteiger charge is 2.30. The summed E-state index contributed by atoms with van der Waals surface area (Å²) in [6.45, 7) is 0.873. The monoisotopic (exact) mass is 182 g/mol. The van der Waals surface area contributed by atoms with Crippen LogP contribution in [-0.2, 0) is 9.53 Å². The van der Waals surface area contributed by atoms with Crippen LogP contribution >= 0.6 is 0 Å². The quantitative estimate of drug-likeness (QED) is 0.530. The van der Waals surface area contributed by atoms with Gasteiger partial charge in [-0.05, 0) is 25.2 Å². The molecule has 0 bridgehead atoms. The van der Waals surface area contributed by atoms with E-state index in [4.69, 9.17) is 9.84 Å². The maximum Gasteiger partial charge on any atom is 0.310 e. The Labute approximate surface area is 77.4 Å². The fraction of sp³-hybridized carbons (Fsp3) is 0.700. The van der Waals surface area contributed by atoms with Gasteiger partial charge >= 0.3 is 5.97 Å². The zero-order chi connectivity index (χ0) is 9.26. The van der Waals surface area contributed by atoms with Crippen LogP contribution in [0.25, 0.3) is 0 Å². The van der Waals surface area contributed by atoms with Gasteiger partial charge in [-0.15, -0.1) is 0 Å². The summed E-state index contributed by atoms with van der Waals surface area (Å²) in [7, 11) is 0. The average Bonchev–Trinajstić information content (AvgIpc) is 2.89. The van der Waals surface area contributed by atoms with Crippen molar-refractivity contribution in [3.8, 4) is 0 Å². The lowest BCUT2D eigenvalue weighted by Gasteiger charge is -2.21. The second-order valence-corrected chi connectivity index (χ2v) is 3.90. The molecular formula is C10H14O3. The highest BCUT2D eigenvalue weighted by molar-refractivity contribution is 5.72. The molecule has 3 atom stereocenters. The van der Waals surface area contributed by atoms with Crippen LogP contribution in [0.2, 0.25) is 0 Å². The Hall–Kier alpha value is -0.830. The summed E-state index contributed by atoms with van der Waals surface area (Å²) in [6.07, 6.45) is 7.07. The zero-order valence-corrected chi connectivity index (χ0v) is 7.48. The van der Waals surface area contributed by atoms with Gasteiger partial charge in [0.25, 0.3) is 0 Å². The van der Waals surface area contributed by atoms with Crippen molar-refractivity contribution >= 4 is 5.97 Å². The average molecular weight is 182 g/mol. The number of carboxylic acids is 1. The second-order valence-electron chi connectivity index (χ2n) is 3.90. The molecule has 0 saturated carbocycles. The summed E-state index contributed by atoms with van der Waals surface area (Å²) in [5, 5.41) is 8.82. The van der Waals surface area contributed by atoms with E-state index in [2.05, 4.69) is 0 Å². The highest BCUT2D eigenvalue weighted by Crippen LogP contribution is 2.30. The van der Waals surface area contributed by atoms with E-state index in [-0.39, 0.29) is 5.92 Å². The Morgan fingerprint density at radius 3 is 3.00 bits per heavy atom. The first-order valence-corrected chi connectivity index (χ1v) is 4.77. The molecule has 1 fully saturated rings. The van der Waals surface area contributed by atoms with Crippen molar-refractivity contribution in [2.75, 3.05) is 6.61 Å². The molecule has 1 N–H and O–H groups in total. The molecule has 3 heteroatoms. The van der Waals surface area contributed by atoms with Gasteiger partial charge in [0.15, 0.2) is 0 Å². The topological polar surface area (TPSA) is 49.8 Å². The zero-order valence-electron chi connectivity index (χ0n) is 7.48. The smallest absolute Gasteiger partial charge is 0.310 e. The molecule has 0 aromatic heterocycles. The summed E-state index contributed by atoms with van der Waals surface area (Å²) in [6, 6.07) is 0. The Morgan fingerprint density at radius 2 is 2.38 bits per heavy atom. The number of carbonyl (C=O) groups is 1. The Bertz CT molecular complexity index is 230. The van der Waals surface area contributed by atoms with Gasteiger partial charge in [0.05, 0.1) is 18.6 Å².